The Labute approximate surface area is 185 Å². The van der Waals surface area contributed by atoms with Gasteiger partial charge in [0, 0.05) is 12.8 Å². The van der Waals surface area contributed by atoms with Crippen molar-refractivity contribution < 1.29 is 33.9 Å². The van der Waals surface area contributed by atoms with E-state index in [4.69, 9.17) is 22.9 Å². The van der Waals surface area contributed by atoms with Gasteiger partial charge in [-0.3, -0.25) is 24.0 Å². The second kappa shape index (κ2) is 15.5. The molecule has 0 saturated carbocycles. The summed E-state index contributed by atoms with van der Waals surface area (Å²) in [6.07, 6.45) is 0.278. The molecule has 0 rings (SSSR count). The highest BCUT2D eigenvalue weighted by Gasteiger charge is 2.29. The van der Waals surface area contributed by atoms with Gasteiger partial charge in [-0.05, 0) is 38.6 Å². The predicted octanol–water partition coefficient (Wildman–Crippen LogP) is -3.86. The van der Waals surface area contributed by atoms with Crippen molar-refractivity contribution in [2.24, 2.45) is 22.9 Å². The Kier molecular flexibility index (Phi) is 13.9. The molecule has 14 nitrogen and oxygen atoms in total. The predicted molar refractivity (Wildman–Crippen MR) is 112 cm³/mol. The van der Waals surface area contributed by atoms with Crippen molar-refractivity contribution >= 4 is 35.5 Å². The van der Waals surface area contributed by atoms with Crippen molar-refractivity contribution in [3.63, 3.8) is 0 Å². The van der Waals surface area contributed by atoms with Crippen molar-refractivity contribution in [2.75, 3.05) is 13.1 Å². The van der Waals surface area contributed by atoms with Gasteiger partial charge in [-0.15, -0.1) is 0 Å². The molecule has 14 heteroatoms. The molecular weight excluding hydrogens is 426 g/mol. The largest absolute Gasteiger partial charge is 0.480 e. The van der Waals surface area contributed by atoms with Crippen LogP contribution in [-0.2, 0) is 28.8 Å². The summed E-state index contributed by atoms with van der Waals surface area (Å²) >= 11 is 0. The van der Waals surface area contributed by atoms with E-state index in [9.17, 15) is 33.9 Å². The third kappa shape index (κ3) is 12.4. The van der Waals surface area contributed by atoms with E-state index < -0.39 is 53.6 Å². The van der Waals surface area contributed by atoms with Crippen molar-refractivity contribution in [3.05, 3.63) is 0 Å². The topological polar surface area (TPSA) is 263 Å². The number of carbonyl (C=O) groups is 6. The molecule has 0 aliphatic carbocycles. The molecule has 3 unspecified atom stereocenters. The van der Waals surface area contributed by atoms with E-state index >= 15 is 0 Å². The SMILES string of the molecule is NCCCCC(NC(=O)CN)C(=O)NC(CCC(N)=O)C(=O)NC(CCC(N)=O)C(=O)O. The van der Waals surface area contributed by atoms with Crippen LogP contribution in [0.25, 0.3) is 0 Å². The van der Waals surface area contributed by atoms with Crippen LogP contribution in [0.3, 0.4) is 0 Å². The minimum atomic E-state index is -1.44. The quantitative estimate of drug-likeness (QED) is 0.0987. The zero-order valence-corrected chi connectivity index (χ0v) is 17.8. The van der Waals surface area contributed by atoms with Gasteiger partial charge >= 0.3 is 5.97 Å². The lowest BCUT2D eigenvalue weighted by Crippen LogP contribution is -2.56. The Bertz CT molecular complexity index is 687. The minimum absolute atomic E-state index is 0.213. The number of carboxylic acid groups (broad SMARTS) is 1. The van der Waals surface area contributed by atoms with Gasteiger partial charge in [0.05, 0.1) is 6.54 Å². The molecular formula is C18H33N7O7. The summed E-state index contributed by atoms with van der Waals surface area (Å²) < 4.78 is 0. The van der Waals surface area contributed by atoms with E-state index in [0.29, 0.717) is 19.4 Å². The molecule has 0 aliphatic heterocycles. The summed E-state index contributed by atoms with van der Waals surface area (Å²) in [5, 5.41) is 16.3. The van der Waals surface area contributed by atoms with Gasteiger partial charge in [0.1, 0.15) is 18.1 Å². The van der Waals surface area contributed by atoms with Gasteiger partial charge in [0.2, 0.25) is 29.5 Å². The minimum Gasteiger partial charge on any atom is -0.480 e. The van der Waals surface area contributed by atoms with Crippen LogP contribution in [0, 0.1) is 0 Å². The van der Waals surface area contributed by atoms with Crippen LogP contribution in [0.1, 0.15) is 44.9 Å². The first-order valence-corrected chi connectivity index (χ1v) is 10.1. The van der Waals surface area contributed by atoms with Crippen LogP contribution >= 0.6 is 0 Å². The average molecular weight is 460 g/mol. The third-order valence-electron chi connectivity index (χ3n) is 4.39. The molecule has 0 bridgehead atoms. The van der Waals surface area contributed by atoms with Gasteiger partial charge in [0.15, 0.2) is 0 Å². The van der Waals surface area contributed by atoms with E-state index in [-0.39, 0.29) is 38.6 Å². The molecule has 0 heterocycles. The zero-order chi connectivity index (χ0) is 24.7. The van der Waals surface area contributed by atoms with Crippen LogP contribution in [0.5, 0.6) is 0 Å². The average Bonchev–Trinajstić information content (AvgIpc) is 2.72. The maximum absolute atomic E-state index is 12.7. The summed E-state index contributed by atoms with van der Waals surface area (Å²) in [4.78, 5) is 70.5. The lowest BCUT2D eigenvalue weighted by molar-refractivity contribution is -0.142. The van der Waals surface area contributed by atoms with Crippen molar-refractivity contribution in [1.29, 1.82) is 0 Å². The van der Waals surface area contributed by atoms with Gasteiger partial charge in [-0.1, -0.05) is 0 Å². The number of amides is 5. The first kappa shape index (κ1) is 28.7. The second-order valence-corrected chi connectivity index (χ2v) is 7.08. The third-order valence-corrected chi connectivity index (χ3v) is 4.39. The molecule has 5 amide bonds. The first-order valence-electron chi connectivity index (χ1n) is 10.1. The Morgan fingerprint density at radius 2 is 1.16 bits per heavy atom. The fraction of sp³-hybridized carbons (Fsp3) is 0.667. The first-order chi connectivity index (χ1) is 15.0. The Balaban J connectivity index is 5.40. The summed E-state index contributed by atoms with van der Waals surface area (Å²) in [6.45, 7) is 0.0249. The monoisotopic (exact) mass is 459 g/mol. The zero-order valence-electron chi connectivity index (χ0n) is 17.8. The molecule has 182 valence electrons. The molecule has 0 saturated heterocycles. The number of nitrogens with one attached hydrogen (secondary N) is 3. The molecule has 0 radical (unpaired) electrons. The highest BCUT2D eigenvalue weighted by atomic mass is 16.4. The molecule has 0 aliphatic rings. The van der Waals surface area contributed by atoms with Gasteiger partial charge in [0.25, 0.3) is 0 Å². The van der Waals surface area contributed by atoms with Crippen LogP contribution in [0.4, 0.5) is 0 Å². The molecule has 12 N–H and O–H groups in total. The standard InChI is InChI=1S/C18H33N7O7/c19-8-2-1-3-10(23-15(28)9-20)16(29)24-11(4-6-13(21)26)17(30)25-12(18(31)32)5-7-14(22)27/h10-12H,1-9,19-20H2,(H2,21,26)(H2,22,27)(H,23,28)(H,24,29)(H,25,30)(H,31,32). The molecule has 3 atom stereocenters. The Hall–Kier alpha value is -3.26. The summed E-state index contributed by atoms with van der Waals surface area (Å²) in [5.74, 6) is -5.11. The molecule has 0 spiro atoms. The number of unbranched alkanes of at least 4 members (excludes halogenated alkanes) is 1. The molecule has 0 aromatic carbocycles. The Morgan fingerprint density at radius 3 is 1.59 bits per heavy atom. The van der Waals surface area contributed by atoms with Crippen molar-refractivity contribution in [3.8, 4) is 0 Å². The van der Waals surface area contributed by atoms with Gasteiger partial charge < -0.3 is 44.0 Å². The van der Waals surface area contributed by atoms with Gasteiger partial charge in [-0.25, -0.2) is 4.79 Å². The van der Waals surface area contributed by atoms with Crippen molar-refractivity contribution in [1.82, 2.24) is 16.0 Å². The van der Waals surface area contributed by atoms with Crippen molar-refractivity contribution in [2.45, 2.75) is 63.1 Å². The fourth-order valence-corrected chi connectivity index (χ4v) is 2.66. The molecule has 0 fully saturated rings. The number of carboxylic acids is 1. The number of hydrogen-bond acceptors (Lipinski definition) is 8. The second-order valence-electron chi connectivity index (χ2n) is 7.08. The maximum atomic E-state index is 12.7. The van der Waals surface area contributed by atoms with E-state index in [1.165, 1.54) is 0 Å². The highest BCUT2D eigenvalue weighted by Crippen LogP contribution is 2.06. The van der Waals surface area contributed by atoms with Gasteiger partial charge in [-0.2, -0.15) is 0 Å². The van der Waals surface area contributed by atoms with Crippen LogP contribution in [0.2, 0.25) is 0 Å². The molecule has 32 heavy (non-hydrogen) atoms. The van der Waals surface area contributed by atoms with Crippen LogP contribution in [-0.4, -0.2) is 71.8 Å². The summed E-state index contributed by atoms with van der Waals surface area (Å²) in [6, 6.07) is -3.79. The number of aliphatic carboxylic acids is 1. The maximum Gasteiger partial charge on any atom is 0.326 e. The number of rotatable bonds is 17. The van der Waals surface area contributed by atoms with Crippen LogP contribution < -0.4 is 38.9 Å². The smallest absolute Gasteiger partial charge is 0.326 e. The number of carbonyl (C=O) groups excluding carboxylic acids is 5. The lowest BCUT2D eigenvalue weighted by atomic mass is 10.0. The number of hydrogen-bond donors (Lipinski definition) is 8. The normalized spacial score (nSPS) is 13.3. The van der Waals surface area contributed by atoms with Crippen LogP contribution in [0.15, 0.2) is 0 Å². The lowest BCUT2D eigenvalue weighted by Gasteiger charge is -2.24. The van der Waals surface area contributed by atoms with E-state index in [0.717, 1.165) is 0 Å². The highest BCUT2D eigenvalue weighted by molar-refractivity contribution is 5.94. The summed E-state index contributed by atoms with van der Waals surface area (Å²) in [5.41, 5.74) is 20.8. The Morgan fingerprint density at radius 1 is 0.688 bits per heavy atom. The van der Waals surface area contributed by atoms with E-state index in [2.05, 4.69) is 16.0 Å². The fourth-order valence-electron chi connectivity index (χ4n) is 2.66. The molecule has 0 aromatic heterocycles. The molecule has 0 aromatic rings. The number of nitrogens with two attached hydrogens (primary N) is 4. The van der Waals surface area contributed by atoms with E-state index in [1.807, 2.05) is 0 Å². The van der Waals surface area contributed by atoms with E-state index in [1.54, 1.807) is 0 Å². The number of primary amides is 2. The summed E-state index contributed by atoms with van der Waals surface area (Å²) in [7, 11) is 0.